The van der Waals surface area contributed by atoms with Crippen LogP contribution in [0.1, 0.15) is 28.4 Å². The molecule has 1 aromatic carbocycles. The average Bonchev–Trinajstić information content (AvgIpc) is 2.68. The van der Waals surface area contributed by atoms with Gasteiger partial charge in [-0.1, -0.05) is 24.3 Å². The van der Waals surface area contributed by atoms with Gasteiger partial charge in [-0.3, -0.25) is 4.98 Å². The maximum Gasteiger partial charge on any atom is 0.147 e. The van der Waals surface area contributed by atoms with Crippen molar-refractivity contribution in [2.75, 3.05) is 5.32 Å². The number of hydrogen-bond donors (Lipinski definition) is 2. The SMILES string of the molecule is Cc1ccnc(N[C@H](c2cccnc2)c2ccc3ccc(C)nc3c2O)c1. The minimum atomic E-state index is -0.306. The molecule has 0 bridgehead atoms. The molecule has 0 aliphatic rings. The number of nitrogens with zero attached hydrogens (tertiary/aromatic N) is 3. The Bertz CT molecular complexity index is 1100. The van der Waals surface area contributed by atoms with E-state index in [9.17, 15) is 5.11 Å². The van der Waals surface area contributed by atoms with Gasteiger partial charge in [0.1, 0.15) is 17.1 Å². The van der Waals surface area contributed by atoms with Crippen LogP contribution in [-0.2, 0) is 0 Å². The maximum atomic E-state index is 11.0. The molecule has 4 aromatic rings. The fraction of sp³-hybridized carbons (Fsp3) is 0.136. The number of phenols is 1. The number of aromatic nitrogens is 3. The molecule has 0 saturated carbocycles. The largest absolute Gasteiger partial charge is 0.505 e. The second-order valence-corrected chi connectivity index (χ2v) is 6.61. The number of benzene rings is 1. The van der Waals surface area contributed by atoms with E-state index in [4.69, 9.17) is 0 Å². The lowest BCUT2D eigenvalue weighted by atomic mass is 9.97. The van der Waals surface area contributed by atoms with Crippen molar-refractivity contribution in [2.45, 2.75) is 19.9 Å². The zero-order chi connectivity index (χ0) is 18.8. The molecule has 0 aliphatic carbocycles. The summed E-state index contributed by atoms with van der Waals surface area (Å²) in [6, 6.07) is 15.3. The molecule has 0 spiro atoms. The van der Waals surface area contributed by atoms with E-state index in [2.05, 4.69) is 20.3 Å². The smallest absolute Gasteiger partial charge is 0.147 e. The summed E-state index contributed by atoms with van der Waals surface area (Å²) in [6.45, 7) is 3.94. The van der Waals surface area contributed by atoms with Gasteiger partial charge in [0.25, 0.3) is 0 Å². The van der Waals surface area contributed by atoms with E-state index < -0.39 is 0 Å². The molecular weight excluding hydrogens is 336 g/mol. The van der Waals surface area contributed by atoms with Crippen LogP contribution < -0.4 is 5.32 Å². The third-order valence-electron chi connectivity index (χ3n) is 4.54. The number of phenolic OH excluding ortho intramolecular Hbond substituents is 1. The number of aryl methyl sites for hydroxylation is 2. The Hall–Kier alpha value is -3.47. The molecule has 3 aromatic heterocycles. The van der Waals surface area contributed by atoms with Gasteiger partial charge in [-0.25, -0.2) is 9.97 Å². The fourth-order valence-electron chi connectivity index (χ4n) is 3.17. The highest BCUT2D eigenvalue weighted by atomic mass is 16.3. The number of rotatable bonds is 4. The molecule has 0 fully saturated rings. The van der Waals surface area contributed by atoms with Crippen LogP contribution in [0.3, 0.4) is 0 Å². The average molecular weight is 356 g/mol. The summed E-state index contributed by atoms with van der Waals surface area (Å²) in [7, 11) is 0. The second-order valence-electron chi connectivity index (χ2n) is 6.61. The zero-order valence-corrected chi connectivity index (χ0v) is 15.2. The maximum absolute atomic E-state index is 11.0. The Kier molecular flexibility index (Phi) is 4.42. The van der Waals surface area contributed by atoms with Crippen LogP contribution in [0.5, 0.6) is 5.75 Å². The van der Waals surface area contributed by atoms with Gasteiger partial charge in [-0.15, -0.1) is 0 Å². The first-order valence-electron chi connectivity index (χ1n) is 8.80. The van der Waals surface area contributed by atoms with Gasteiger partial charge >= 0.3 is 0 Å². The topological polar surface area (TPSA) is 70.9 Å². The van der Waals surface area contributed by atoms with E-state index in [0.29, 0.717) is 5.52 Å². The van der Waals surface area contributed by atoms with Crippen LogP contribution in [0, 0.1) is 13.8 Å². The van der Waals surface area contributed by atoms with Crippen molar-refractivity contribution in [3.63, 3.8) is 0 Å². The quantitative estimate of drug-likeness (QED) is 0.561. The van der Waals surface area contributed by atoms with E-state index in [1.54, 1.807) is 18.6 Å². The van der Waals surface area contributed by atoms with Crippen molar-refractivity contribution in [3.05, 3.63) is 89.5 Å². The van der Waals surface area contributed by atoms with Crippen LogP contribution in [-0.4, -0.2) is 20.1 Å². The number of nitrogens with one attached hydrogen (secondary N) is 1. The van der Waals surface area contributed by atoms with Gasteiger partial charge in [-0.2, -0.15) is 0 Å². The minimum Gasteiger partial charge on any atom is -0.505 e. The molecule has 5 heteroatoms. The third kappa shape index (κ3) is 3.44. The summed E-state index contributed by atoms with van der Waals surface area (Å²) in [5.41, 5.74) is 4.24. The van der Waals surface area contributed by atoms with Crippen LogP contribution in [0.4, 0.5) is 5.82 Å². The molecular formula is C22H20N4O. The molecule has 0 aliphatic heterocycles. The first kappa shape index (κ1) is 17.0. The van der Waals surface area contributed by atoms with Crippen LogP contribution in [0.2, 0.25) is 0 Å². The van der Waals surface area contributed by atoms with Crippen molar-refractivity contribution in [1.82, 2.24) is 15.0 Å². The monoisotopic (exact) mass is 356 g/mol. The summed E-state index contributed by atoms with van der Waals surface area (Å²) >= 11 is 0. The molecule has 2 N–H and O–H groups in total. The number of anilines is 1. The van der Waals surface area contributed by atoms with Crippen molar-refractivity contribution in [1.29, 1.82) is 0 Å². The lowest BCUT2D eigenvalue weighted by molar-refractivity contribution is 0.471. The fourth-order valence-corrected chi connectivity index (χ4v) is 3.17. The molecule has 0 unspecified atom stereocenters. The highest BCUT2D eigenvalue weighted by Crippen LogP contribution is 2.36. The predicted molar refractivity (Wildman–Crippen MR) is 107 cm³/mol. The van der Waals surface area contributed by atoms with Crippen LogP contribution in [0.25, 0.3) is 10.9 Å². The molecule has 0 radical (unpaired) electrons. The lowest BCUT2D eigenvalue weighted by Gasteiger charge is -2.22. The number of aromatic hydroxyl groups is 1. The molecule has 3 heterocycles. The lowest BCUT2D eigenvalue weighted by Crippen LogP contribution is -2.14. The van der Waals surface area contributed by atoms with Crippen LogP contribution in [0.15, 0.2) is 67.1 Å². The van der Waals surface area contributed by atoms with E-state index in [1.807, 2.05) is 62.4 Å². The summed E-state index contributed by atoms with van der Waals surface area (Å²) in [6.07, 6.45) is 5.29. The standard InChI is InChI=1S/C22H20N4O/c1-14-9-11-24-19(12-14)26-20(17-4-3-10-23-13-17)18-8-7-16-6-5-15(2)25-21(16)22(18)27/h3-13,20,27H,1-2H3,(H,24,26)/t20-/m1/s1. The van der Waals surface area contributed by atoms with E-state index >= 15 is 0 Å². The van der Waals surface area contributed by atoms with Crippen molar-refractivity contribution >= 4 is 16.7 Å². The van der Waals surface area contributed by atoms with Gasteiger partial charge in [0.05, 0.1) is 6.04 Å². The van der Waals surface area contributed by atoms with Crippen molar-refractivity contribution in [3.8, 4) is 5.75 Å². The number of pyridine rings is 3. The first-order chi connectivity index (χ1) is 13.1. The summed E-state index contributed by atoms with van der Waals surface area (Å²) < 4.78 is 0. The molecule has 1 atom stereocenters. The summed E-state index contributed by atoms with van der Waals surface area (Å²) in [5.74, 6) is 0.908. The summed E-state index contributed by atoms with van der Waals surface area (Å²) in [5, 5.41) is 15.3. The Labute approximate surface area is 157 Å². The van der Waals surface area contributed by atoms with Crippen molar-refractivity contribution < 1.29 is 5.11 Å². The Morgan fingerprint density at radius 2 is 1.85 bits per heavy atom. The van der Waals surface area contributed by atoms with Gasteiger partial charge in [-0.05, 0) is 49.2 Å². The Morgan fingerprint density at radius 3 is 2.63 bits per heavy atom. The molecule has 4 rings (SSSR count). The molecule has 0 amide bonds. The van der Waals surface area contributed by atoms with Gasteiger partial charge in [0, 0.05) is 35.2 Å². The van der Waals surface area contributed by atoms with Gasteiger partial charge in [0.15, 0.2) is 0 Å². The normalized spacial score (nSPS) is 12.1. The highest BCUT2D eigenvalue weighted by molar-refractivity contribution is 5.86. The third-order valence-corrected chi connectivity index (χ3v) is 4.54. The predicted octanol–water partition coefficient (Wildman–Crippen LogP) is 4.55. The van der Waals surface area contributed by atoms with Crippen LogP contribution >= 0.6 is 0 Å². The van der Waals surface area contributed by atoms with E-state index in [1.165, 1.54) is 0 Å². The molecule has 5 nitrogen and oxygen atoms in total. The second kappa shape index (κ2) is 7.03. The van der Waals surface area contributed by atoms with E-state index in [0.717, 1.165) is 33.6 Å². The zero-order valence-electron chi connectivity index (χ0n) is 15.2. The van der Waals surface area contributed by atoms with E-state index in [-0.39, 0.29) is 11.8 Å². The first-order valence-corrected chi connectivity index (χ1v) is 8.80. The summed E-state index contributed by atoms with van der Waals surface area (Å²) in [4.78, 5) is 13.2. The number of fused-ring (bicyclic) bond motifs is 1. The molecule has 0 saturated heterocycles. The van der Waals surface area contributed by atoms with Crippen molar-refractivity contribution in [2.24, 2.45) is 0 Å². The number of hydrogen-bond acceptors (Lipinski definition) is 5. The minimum absolute atomic E-state index is 0.171. The Morgan fingerprint density at radius 1 is 1.00 bits per heavy atom. The molecule has 134 valence electrons. The highest BCUT2D eigenvalue weighted by Gasteiger charge is 2.20. The Balaban J connectivity index is 1.86. The van der Waals surface area contributed by atoms with Gasteiger partial charge < -0.3 is 10.4 Å². The molecule has 27 heavy (non-hydrogen) atoms. The van der Waals surface area contributed by atoms with Gasteiger partial charge in [0.2, 0.25) is 0 Å².